The van der Waals surface area contributed by atoms with Gasteiger partial charge in [-0.1, -0.05) is 48.5 Å². The lowest BCUT2D eigenvalue weighted by atomic mass is 10.0. The van der Waals surface area contributed by atoms with Gasteiger partial charge in [-0.15, -0.1) is 0 Å². The molecule has 8 nitrogen and oxygen atoms in total. The van der Waals surface area contributed by atoms with Crippen molar-refractivity contribution in [2.75, 3.05) is 19.7 Å². The molecule has 0 saturated carbocycles. The number of aromatic amines is 2. The van der Waals surface area contributed by atoms with Gasteiger partial charge in [0.25, 0.3) is 0 Å². The fourth-order valence-electron chi connectivity index (χ4n) is 5.28. The van der Waals surface area contributed by atoms with E-state index in [4.69, 9.17) is 4.74 Å². The van der Waals surface area contributed by atoms with Gasteiger partial charge in [0.05, 0.1) is 36.3 Å². The van der Waals surface area contributed by atoms with Crippen molar-refractivity contribution in [3.8, 4) is 33.6 Å². The highest BCUT2D eigenvalue weighted by Gasteiger charge is 2.26. The van der Waals surface area contributed by atoms with Crippen LogP contribution in [0.25, 0.3) is 33.6 Å². The molecule has 8 heteroatoms. The molecule has 4 heterocycles. The molecule has 2 aromatic carbocycles. The van der Waals surface area contributed by atoms with E-state index >= 15 is 0 Å². The Labute approximate surface area is 216 Å². The summed E-state index contributed by atoms with van der Waals surface area (Å²) in [5.41, 5.74) is 6.32. The number of hydrogen-bond acceptors (Lipinski definition) is 6. The quantitative estimate of drug-likeness (QED) is 0.263. The van der Waals surface area contributed by atoms with Gasteiger partial charge in [0.2, 0.25) is 0 Å². The van der Waals surface area contributed by atoms with Crippen LogP contribution in [0.3, 0.4) is 0 Å². The first-order chi connectivity index (χ1) is 18.2. The van der Waals surface area contributed by atoms with E-state index in [1.165, 1.54) is 6.42 Å². The summed E-state index contributed by atoms with van der Waals surface area (Å²) in [4.78, 5) is 28.7. The average molecular weight is 497 g/mol. The second kappa shape index (κ2) is 10.3. The van der Waals surface area contributed by atoms with E-state index in [1.54, 1.807) is 0 Å². The molecule has 2 aliphatic heterocycles. The molecule has 2 aliphatic rings. The highest BCUT2D eigenvalue weighted by molar-refractivity contribution is 5.94. The molecule has 37 heavy (non-hydrogen) atoms. The van der Waals surface area contributed by atoms with Crippen LogP contribution in [0.1, 0.15) is 66.8 Å². The molecule has 0 radical (unpaired) electrons. The maximum absolute atomic E-state index is 12.6. The first-order valence-corrected chi connectivity index (χ1v) is 13.2. The summed E-state index contributed by atoms with van der Waals surface area (Å²) in [6, 6.07) is 17.2. The summed E-state index contributed by atoms with van der Waals surface area (Å²) < 4.78 is 5.28. The van der Waals surface area contributed by atoms with Crippen LogP contribution in [0.15, 0.2) is 54.7 Å². The second-order valence-electron chi connectivity index (χ2n) is 9.70. The van der Waals surface area contributed by atoms with Gasteiger partial charge in [0.15, 0.2) is 5.69 Å². The Hall–Kier alpha value is -3.75. The molecular weight excluding hydrogens is 464 g/mol. The van der Waals surface area contributed by atoms with Crippen molar-refractivity contribution in [3.05, 3.63) is 72.1 Å². The standard InChI is InChI=1S/C29H32N6O2/c1-2-37-29(36)26-25(34-28(35-26)23-6-4-16-31-23)21-13-9-19(10-14-21)18-7-11-20(12-8-18)24-17-32-27(33-24)22-5-3-15-30-22/h7-14,17,22-23,30-31H,2-6,15-16H2,1H3,(H,32,33)(H,34,35)/t22-,23-/m0/s1. The number of aromatic nitrogens is 4. The summed E-state index contributed by atoms with van der Waals surface area (Å²) in [6.07, 6.45) is 6.34. The molecule has 4 aromatic rings. The average Bonchev–Trinajstić information content (AvgIpc) is 3.75. The fraction of sp³-hybridized carbons (Fsp3) is 0.345. The van der Waals surface area contributed by atoms with Crippen LogP contribution in [-0.4, -0.2) is 45.6 Å². The number of esters is 1. The van der Waals surface area contributed by atoms with Gasteiger partial charge >= 0.3 is 5.97 Å². The van der Waals surface area contributed by atoms with E-state index < -0.39 is 5.97 Å². The van der Waals surface area contributed by atoms with Crippen LogP contribution in [0.5, 0.6) is 0 Å². The highest BCUT2D eigenvalue weighted by atomic mass is 16.5. The van der Waals surface area contributed by atoms with Crippen LogP contribution >= 0.6 is 0 Å². The zero-order chi connectivity index (χ0) is 25.2. The summed E-state index contributed by atoms with van der Waals surface area (Å²) in [5.74, 6) is 1.41. The molecule has 0 aliphatic carbocycles. The summed E-state index contributed by atoms with van der Waals surface area (Å²) in [5, 5.41) is 6.93. The smallest absolute Gasteiger partial charge is 0.359 e. The number of hydrogen-bond donors (Lipinski definition) is 4. The number of nitrogens with zero attached hydrogens (tertiary/aromatic N) is 2. The van der Waals surface area contributed by atoms with Crippen molar-refractivity contribution in [3.63, 3.8) is 0 Å². The van der Waals surface area contributed by atoms with E-state index in [0.717, 1.165) is 71.9 Å². The maximum Gasteiger partial charge on any atom is 0.359 e. The van der Waals surface area contributed by atoms with Gasteiger partial charge in [-0.3, -0.25) is 0 Å². The van der Waals surface area contributed by atoms with Crippen molar-refractivity contribution < 1.29 is 9.53 Å². The Morgan fingerprint density at radius 2 is 1.43 bits per heavy atom. The van der Waals surface area contributed by atoms with Gasteiger partial charge in [0, 0.05) is 5.56 Å². The number of ether oxygens (including phenoxy) is 1. The van der Waals surface area contributed by atoms with Crippen LogP contribution < -0.4 is 10.6 Å². The number of nitrogens with one attached hydrogen (secondary N) is 4. The van der Waals surface area contributed by atoms with Crippen LogP contribution in [0, 0.1) is 0 Å². The zero-order valence-corrected chi connectivity index (χ0v) is 21.0. The summed E-state index contributed by atoms with van der Waals surface area (Å²) in [7, 11) is 0. The number of carbonyl (C=O) groups excluding carboxylic acids is 1. The number of rotatable bonds is 7. The molecule has 0 bridgehead atoms. The Morgan fingerprint density at radius 3 is 2.03 bits per heavy atom. The molecule has 0 unspecified atom stereocenters. The lowest BCUT2D eigenvalue weighted by Gasteiger charge is -2.07. The lowest BCUT2D eigenvalue weighted by Crippen LogP contribution is -2.14. The second-order valence-corrected chi connectivity index (χ2v) is 9.70. The zero-order valence-electron chi connectivity index (χ0n) is 21.0. The first-order valence-electron chi connectivity index (χ1n) is 13.2. The van der Waals surface area contributed by atoms with Crippen molar-refractivity contribution >= 4 is 5.97 Å². The minimum Gasteiger partial charge on any atom is -0.461 e. The number of imidazole rings is 2. The van der Waals surface area contributed by atoms with Crippen molar-refractivity contribution in [2.24, 2.45) is 0 Å². The molecule has 0 spiro atoms. The first kappa shape index (κ1) is 23.6. The van der Waals surface area contributed by atoms with Crippen molar-refractivity contribution in [2.45, 2.75) is 44.7 Å². The van der Waals surface area contributed by atoms with E-state index in [0.29, 0.717) is 24.0 Å². The molecule has 2 fully saturated rings. The highest BCUT2D eigenvalue weighted by Crippen LogP contribution is 2.31. The van der Waals surface area contributed by atoms with Gasteiger partial charge < -0.3 is 25.3 Å². The predicted molar refractivity (Wildman–Crippen MR) is 143 cm³/mol. The van der Waals surface area contributed by atoms with E-state index in [-0.39, 0.29) is 6.04 Å². The summed E-state index contributed by atoms with van der Waals surface area (Å²) in [6.45, 7) is 4.13. The molecule has 2 atom stereocenters. The maximum atomic E-state index is 12.6. The largest absolute Gasteiger partial charge is 0.461 e. The van der Waals surface area contributed by atoms with Crippen molar-refractivity contribution in [1.29, 1.82) is 0 Å². The number of benzene rings is 2. The predicted octanol–water partition coefficient (Wildman–Crippen LogP) is 5.16. The minimum absolute atomic E-state index is 0.139. The Kier molecular flexibility index (Phi) is 6.59. The number of carbonyl (C=O) groups is 1. The SMILES string of the molecule is CCOC(=O)c1nc([C@@H]2CCCN2)[nH]c1-c1ccc(-c2ccc(-c3cnc([C@@H]4CCCN4)[nH]3)cc2)cc1. The van der Waals surface area contributed by atoms with Crippen LogP contribution in [0.2, 0.25) is 0 Å². The molecule has 4 N–H and O–H groups in total. The molecule has 6 rings (SSSR count). The molecule has 2 saturated heterocycles. The molecular formula is C29H32N6O2. The molecule has 2 aromatic heterocycles. The van der Waals surface area contributed by atoms with Gasteiger partial charge in [-0.05, 0) is 62.4 Å². The van der Waals surface area contributed by atoms with Gasteiger partial charge in [-0.25, -0.2) is 14.8 Å². The number of H-pyrrole nitrogens is 2. The van der Waals surface area contributed by atoms with Crippen molar-refractivity contribution in [1.82, 2.24) is 30.6 Å². The van der Waals surface area contributed by atoms with Gasteiger partial charge in [0.1, 0.15) is 11.6 Å². The lowest BCUT2D eigenvalue weighted by molar-refractivity contribution is 0.0521. The van der Waals surface area contributed by atoms with Crippen LogP contribution in [0.4, 0.5) is 0 Å². The Bertz CT molecular complexity index is 1360. The molecule has 0 amide bonds. The molecule has 190 valence electrons. The monoisotopic (exact) mass is 496 g/mol. The fourth-order valence-corrected chi connectivity index (χ4v) is 5.28. The van der Waals surface area contributed by atoms with Crippen LogP contribution in [-0.2, 0) is 4.74 Å². The van der Waals surface area contributed by atoms with E-state index in [1.807, 2.05) is 25.3 Å². The topological polar surface area (TPSA) is 108 Å². The third kappa shape index (κ3) is 4.82. The van der Waals surface area contributed by atoms with E-state index in [2.05, 4.69) is 67.0 Å². The minimum atomic E-state index is -0.400. The normalized spacial score (nSPS) is 19.4. The summed E-state index contributed by atoms with van der Waals surface area (Å²) >= 11 is 0. The Morgan fingerprint density at radius 1 is 0.838 bits per heavy atom. The van der Waals surface area contributed by atoms with Gasteiger partial charge in [-0.2, -0.15) is 0 Å². The third-order valence-electron chi connectivity index (χ3n) is 7.27. The Balaban J connectivity index is 1.22. The van der Waals surface area contributed by atoms with E-state index in [9.17, 15) is 4.79 Å². The third-order valence-corrected chi connectivity index (χ3v) is 7.27.